The SMILES string of the molecule is CCOC(=O)Oc1ccc2c3c1O[C@@H]1[C@]4(OC)C=CC5(C[C@H]4C(C)(O)C(C)(C)C)C(C2)N(C(=O)C2CC2)CC[C@]315. The minimum atomic E-state index is -1.11. The van der Waals surface area contributed by atoms with Gasteiger partial charge in [-0.1, -0.05) is 39.0 Å². The molecule has 8 heteroatoms. The molecular weight excluding hydrogens is 510 g/mol. The normalized spacial score (nSPS) is 37.9. The summed E-state index contributed by atoms with van der Waals surface area (Å²) in [5, 5.41) is 12.3. The molecule has 2 spiro atoms. The molecule has 40 heavy (non-hydrogen) atoms. The van der Waals surface area contributed by atoms with E-state index in [9.17, 15) is 14.7 Å². The zero-order chi connectivity index (χ0) is 28.5. The highest BCUT2D eigenvalue weighted by Gasteiger charge is 2.81. The van der Waals surface area contributed by atoms with Gasteiger partial charge < -0.3 is 29.0 Å². The smallest absolute Gasteiger partial charge is 0.482 e. The van der Waals surface area contributed by atoms with Crippen LogP contribution in [-0.2, 0) is 26.1 Å². The van der Waals surface area contributed by atoms with Crippen molar-refractivity contribution in [1.82, 2.24) is 4.90 Å². The second kappa shape index (κ2) is 8.03. The van der Waals surface area contributed by atoms with Gasteiger partial charge in [0.25, 0.3) is 0 Å². The van der Waals surface area contributed by atoms with Crippen LogP contribution >= 0.6 is 0 Å². The number of carbonyl (C=O) groups is 2. The van der Waals surface area contributed by atoms with E-state index < -0.39 is 39.7 Å². The monoisotopic (exact) mass is 551 g/mol. The number of piperidine rings is 1. The van der Waals surface area contributed by atoms with Gasteiger partial charge in [-0.25, -0.2) is 4.79 Å². The first-order valence-electron chi connectivity index (χ1n) is 14.8. The average Bonchev–Trinajstić information content (AvgIpc) is 3.68. The molecule has 1 aromatic carbocycles. The van der Waals surface area contributed by atoms with Gasteiger partial charge in [-0.3, -0.25) is 4.79 Å². The first-order valence-corrected chi connectivity index (χ1v) is 14.8. The van der Waals surface area contributed by atoms with Crippen LogP contribution in [0.2, 0.25) is 0 Å². The summed E-state index contributed by atoms with van der Waals surface area (Å²) in [4.78, 5) is 28.3. The molecule has 8 rings (SSSR count). The second-order valence-electron chi connectivity index (χ2n) is 14.0. The maximum atomic E-state index is 13.7. The van der Waals surface area contributed by atoms with Crippen molar-refractivity contribution in [1.29, 1.82) is 0 Å². The largest absolute Gasteiger partial charge is 0.513 e. The molecule has 1 N–H and O–H groups in total. The molecule has 4 bridgehead atoms. The summed E-state index contributed by atoms with van der Waals surface area (Å²) in [5.41, 5.74) is -1.20. The average molecular weight is 552 g/mol. The standard InChI is InChI=1S/C32H41NO7/c1-7-38-27(35)39-20-11-10-19-16-22-30-12-13-32(37-6,21(17-30)29(5,36)28(2,3)4)26-31(30,23(19)24(20)40-26)14-15-33(22)25(34)18-8-9-18/h10-13,18,21-22,26,36H,7-9,14-17H2,1-6H3/t21-,22?,26-,29?,30?,31-,32-/m0/s1. The van der Waals surface area contributed by atoms with E-state index in [2.05, 4.69) is 37.8 Å². The minimum absolute atomic E-state index is 0.0552. The topological polar surface area (TPSA) is 94.5 Å². The number of hydrogen-bond donors (Lipinski definition) is 1. The molecule has 7 atom stereocenters. The summed E-state index contributed by atoms with van der Waals surface area (Å²) < 4.78 is 24.3. The number of methoxy groups -OCH3 is 1. The maximum Gasteiger partial charge on any atom is 0.513 e. The Morgan fingerprint density at radius 2 is 1.93 bits per heavy atom. The molecule has 0 aromatic heterocycles. The molecule has 2 aliphatic heterocycles. The number of benzene rings is 1. The Balaban J connectivity index is 1.46. The third-order valence-electron chi connectivity index (χ3n) is 11.7. The fourth-order valence-corrected chi connectivity index (χ4v) is 9.13. The summed E-state index contributed by atoms with van der Waals surface area (Å²) in [6.45, 7) is 10.7. The molecule has 1 saturated heterocycles. The highest BCUT2D eigenvalue weighted by molar-refractivity contribution is 5.82. The van der Waals surface area contributed by atoms with E-state index in [-0.39, 0.29) is 30.4 Å². The van der Waals surface area contributed by atoms with Crippen LogP contribution in [0, 0.1) is 22.7 Å². The second-order valence-corrected chi connectivity index (χ2v) is 14.0. The van der Waals surface area contributed by atoms with Crippen LogP contribution in [0.5, 0.6) is 11.5 Å². The van der Waals surface area contributed by atoms with Crippen LogP contribution in [0.4, 0.5) is 4.79 Å². The Morgan fingerprint density at radius 1 is 1.18 bits per heavy atom. The van der Waals surface area contributed by atoms with E-state index in [1.165, 1.54) is 0 Å². The first kappa shape index (κ1) is 26.3. The quantitative estimate of drug-likeness (QED) is 0.326. The molecule has 2 heterocycles. The van der Waals surface area contributed by atoms with Crippen molar-refractivity contribution >= 4 is 12.1 Å². The van der Waals surface area contributed by atoms with Crippen LogP contribution < -0.4 is 9.47 Å². The number of nitrogens with zero attached hydrogens (tertiary/aromatic N) is 1. The van der Waals surface area contributed by atoms with Crippen LogP contribution in [-0.4, -0.2) is 65.7 Å². The van der Waals surface area contributed by atoms with Crippen molar-refractivity contribution in [2.45, 2.75) is 95.5 Å². The molecular formula is C32H41NO7. The number of ether oxygens (including phenoxy) is 4. The third-order valence-corrected chi connectivity index (χ3v) is 11.7. The lowest BCUT2D eigenvalue weighted by molar-refractivity contribution is -0.262. The van der Waals surface area contributed by atoms with Gasteiger partial charge in [0.2, 0.25) is 5.91 Å². The molecule has 3 fully saturated rings. The fourth-order valence-electron chi connectivity index (χ4n) is 9.13. The van der Waals surface area contributed by atoms with Gasteiger partial charge in [-0.2, -0.15) is 0 Å². The van der Waals surface area contributed by atoms with Crippen molar-refractivity contribution in [3.05, 3.63) is 35.4 Å². The summed E-state index contributed by atoms with van der Waals surface area (Å²) >= 11 is 0. The van der Waals surface area contributed by atoms with Gasteiger partial charge in [0, 0.05) is 42.5 Å². The van der Waals surface area contributed by atoms with Gasteiger partial charge >= 0.3 is 6.16 Å². The maximum absolute atomic E-state index is 13.7. The zero-order valence-corrected chi connectivity index (χ0v) is 24.4. The highest BCUT2D eigenvalue weighted by Crippen LogP contribution is 2.76. The van der Waals surface area contributed by atoms with Crippen molar-refractivity contribution in [2.75, 3.05) is 20.3 Å². The van der Waals surface area contributed by atoms with Gasteiger partial charge in [0.15, 0.2) is 11.5 Å². The van der Waals surface area contributed by atoms with Gasteiger partial charge in [-0.15, -0.1) is 0 Å². The predicted octanol–water partition coefficient (Wildman–Crippen LogP) is 4.55. The Bertz CT molecular complexity index is 1320. The summed E-state index contributed by atoms with van der Waals surface area (Å²) in [5.74, 6) is 1.01. The summed E-state index contributed by atoms with van der Waals surface area (Å²) in [7, 11) is 1.71. The van der Waals surface area contributed by atoms with Crippen molar-refractivity contribution in [3.8, 4) is 11.5 Å². The van der Waals surface area contributed by atoms with Gasteiger partial charge in [-0.05, 0) is 63.0 Å². The van der Waals surface area contributed by atoms with E-state index in [1.807, 2.05) is 13.0 Å². The van der Waals surface area contributed by atoms with E-state index in [4.69, 9.17) is 18.9 Å². The van der Waals surface area contributed by atoms with Crippen molar-refractivity contribution < 1.29 is 33.6 Å². The first-order chi connectivity index (χ1) is 18.9. The number of hydrogen-bond acceptors (Lipinski definition) is 7. The number of carbonyl (C=O) groups excluding carboxylic acids is 2. The van der Waals surface area contributed by atoms with Crippen LogP contribution in [0.25, 0.3) is 0 Å². The van der Waals surface area contributed by atoms with E-state index >= 15 is 0 Å². The van der Waals surface area contributed by atoms with E-state index in [0.717, 1.165) is 30.4 Å². The fraction of sp³-hybridized carbons (Fsp3) is 0.688. The van der Waals surface area contributed by atoms with Crippen LogP contribution in [0.3, 0.4) is 0 Å². The van der Waals surface area contributed by atoms with Crippen molar-refractivity contribution in [2.24, 2.45) is 22.7 Å². The molecule has 1 amide bonds. The number of rotatable bonds is 5. The highest BCUT2D eigenvalue weighted by atomic mass is 16.7. The van der Waals surface area contributed by atoms with Gasteiger partial charge in [0.1, 0.15) is 11.7 Å². The van der Waals surface area contributed by atoms with Crippen molar-refractivity contribution in [3.63, 3.8) is 0 Å². The predicted molar refractivity (Wildman–Crippen MR) is 146 cm³/mol. The molecule has 1 aromatic rings. The van der Waals surface area contributed by atoms with Crippen LogP contribution in [0.15, 0.2) is 24.3 Å². The number of likely N-dealkylation sites (tertiary alicyclic amines) is 1. The number of fused-ring (bicyclic) bond motifs is 1. The lowest BCUT2D eigenvalue weighted by Gasteiger charge is -2.73. The lowest BCUT2D eigenvalue weighted by Crippen LogP contribution is -2.81. The van der Waals surface area contributed by atoms with Crippen LogP contribution in [0.1, 0.15) is 71.4 Å². The molecule has 2 saturated carbocycles. The van der Waals surface area contributed by atoms with E-state index in [0.29, 0.717) is 30.9 Å². The Kier molecular flexibility index (Phi) is 5.29. The number of aliphatic hydroxyl groups is 1. The lowest BCUT2D eigenvalue weighted by atomic mass is 9.35. The molecule has 216 valence electrons. The number of amides is 1. The third kappa shape index (κ3) is 2.94. The molecule has 8 nitrogen and oxygen atoms in total. The zero-order valence-electron chi connectivity index (χ0n) is 24.4. The Labute approximate surface area is 236 Å². The summed E-state index contributed by atoms with van der Waals surface area (Å²) in [6, 6.07) is 3.76. The molecule has 0 radical (unpaired) electrons. The Morgan fingerprint density at radius 3 is 2.58 bits per heavy atom. The van der Waals surface area contributed by atoms with Gasteiger partial charge in [0.05, 0.1) is 17.6 Å². The molecule has 3 unspecified atom stereocenters. The molecule has 5 aliphatic carbocycles. The minimum Gasteiger partial charge on any atom is -0.482 e. The molecule has 7 aliphatic rings. The summed E-state index contributed by atoms with van der Waals surface area (Å²) in [6.07, 6.45) is 7.22. The van der Waals surface area contributed by atoms with E-state index in [1.54, 1.807) is 20.1 Å². The Hall–Kier alpha value is -2.58.